The van der Waals surface area contributed by atoms with E-state index in [1.54, 1.807) is 0 Å². The van der Waals surface area contributed by atoms with Crippen molar-refractivity contribution in [2.24, 2.45) is 0 Å². The van der Waals surface area contributed by atoms with Gasteiger partial charge >= 0.3 is 0 Å². The van der Waals surface area contributed by atoms with Gasteiger partial charge in [0.25, 0.3) is 0 Å². The third-order valence-electron chi connectivity index (χ3n) is 2.12. The summed E-state index contributed by atoms with van der Waals surface area (Å²) in [5, 5.41) is 0. The molecule has 0 bridgehead atoms. The molecule has 0 aliphatic rings. The van der Waals surface area contributed by atoms with Crippen LogP contribution in [0.2, 0.25) is 0 Å². The maximum absolute atomic E-state index is 3.93. The summed E-state index contributed by atoms with van der Waals surface area (Å²) in [6.07, 6.45) is 0.996. The van der Waals surface area contributed by atoms with E-state index < -0.39 is 0 Å². The van der Waals surface area contributed by atoms with E-state index in [0.29, 0.717) is 18.1 Å². The van der Waals surface area contributed by atoms with Gasteiger partial charge in [0.15, 0.2) is 0 Å². The van der Waals surface area contributed by atoms with Crippen molar-refractivity contribution in [1.82, 2.24) is 4.90 Å². The van der Waals surface area contributed by atoms with Crippen LogP contribution in [0.1, 0.15) is 41.0 Å². The van der Waals surface area contributed by atoms with Gasteiger partial charge in [0, 0.05) is 18.1 Å². The normalized spacial score (nSPS) is 15.0. The number of hydrogen-bond donors (Lipinski definition) is 0. The van der Waals surface area contributed by atoms with E-state index in [2.05, 4.69) is 46.4 Å². The summed E-state index contributed by atoms with van der Waals surface area (Å²) in [4.78, 5) is 2.49. The van der Waals surface area contributed by atoms with Crippen LogP contribution in [-0.2, 0) is 0 Å². The Kier molecular flexibility index (Phi) is 4.74. The molecule has 1 atom stereocenters. The molecule has 1 nitrogen and oxygen atoms in total. The second-order valence-corrected chi connectivity index (χ2v) is 3.77. The largest absolute Gasteiger partial charge is 0.296 e. The molecule has 0 aliphatic carbocycles. The molecule has 0 amide bonds. The number of rotatable bonds is 4. The Bertz CT molecular complexity index is 89.0. The van der Waals surface area contributed by atoms with Gasteiger partial charge in [-0.3, -0.25) is 4.90 Å². The van der Waals surface area contributed by atoms with Gasteiger partial charge in [-0.2, -0.15) is 0 Å². The summed E-state index contributed by atoms with van der Waals surface area (Å²) < 4.78 is 0. The first kappa shape index (κ1) is 11.0. The lowest BCUT2D eigenvalue weighted by molar-refractivity contribution is 0.123. The summed E-state index contributed by atoms with van der Waals surface area (Å²) in [6.45, 7) is 15.1. The average Bonchev–Trinajstić information content (AvgIpc) is 1.85. The molecule has 0 fully saturated rings. The van der Waals surface area contributed by atoms with Crippen molar-refractivity contribution in [3.8, 4) is 0 Å². The molecule has 1 unspecified atom stereocenters. The molecule has 0 aromatic carbocycles. The minimum Gasteiger partial charge on any atom is -0.296 e. The van der Waals surface area contributed by atoms with Crippen LogP contribution in [0.3, 0.4) is 0 Å². The Morgan fingerprint density at radius 1 is 1.00 bits per heavy atom. The van der Waals surface area contributed by atoms with Gasteiger partial charge in [-0.05, 0) is 41.0 Å². The van der Waals surface area contributed by atoms with Crippen molar-refractivity contribution in [2.75, 3.05) is 0 Å². The van der Waals surface area contributed by atoms with E-state index in [9.17, 15) is 0 Å². The van der Waals surface area contributed by atoms with E-state index in [-0.39, 0.29) is 0 Å². The van der Waals surface area contributed by atoms with Crippen molar-refractivity contribution in [3.05, 3.63) is 6.92 Å². The Hall–Kier alpha value is -0.0400. The Balaban J connectivity index is 4.09. The quantitative estimate of drug-likeness (QED) is 0.605. The molecular formula is C10H22N. The summed E-state index contributed by atoms with van der Waals surface area (Å²) in [5.41, 5.74) is 0. The minimum atomic E-state index is 0.606. The van der Waals surface area contributed by atoms with Crippen molar-refractivity contribution in [3.63, 3.8) is 0 Å². The highest BCUT2D eigenvalue weighted by molar-refractivity contribution is 4.74. The third-order valence-corrected chi connectivity index (χ3v) is 2.12. The average molecular weight is 156 g/mol. The molecule has 11 heavy (non-hydrogen) atoms. The first-order chi connectivity index (χ1) is 5.00. The van der Waals surface area contributed by atoms with Crippen molar-refractivity contribution in [1.29, 1.82) is 0 Å². The standard InChI is InChI=1S/C10H22N/c1-7-10(6)11(8(2)3)9(4)5/h8-10H,1,7H2,2-6H3. The fraction of sp³-hybridized carbons (Fsp3) is 0.900. The molecule has 0 spiro atoms. The molecule has 0 saturated heterocycles. The van der Waals surface area contributed by atoms with E-state index in [1.807, 2.05) is 0 Å². The highest BCUT2D eigenvalue weighted by atomic mass is 15.2. The minimum absolute atomic E-state index is 0.606. The lowest BCUT2D eigenvalue weighted by atomic mass is 10.1. The molecule has 1 heteroatoms. The van der Waals surface area contributed by atoms with Gasteiger partial charge < -0.3 is 0 Å². The zero-order valence-electron chi connectivity index (χ0n) is 8.59. The van der Waals surface area contributed by atoms with Crippen molar-refractivity contribution in [2.45, 2.75) is 59.2 Å². The lowest BCUT2D eigenvalue weighted by Gasteiger charge is -2.35. The Morgan fingerprint density at radius 3 is 1.45 bits per heavy atom. The second kappa shape index (κ2) is 4.76. The van der Waals surface area contributed by atoms with Crippen LogP contribution >= 0.6 is 0 Å². The van der Waals surface area contributed by atoms with Crippen molar-refractivity contribution < 1.29 is 0 Å². The molecule has 0 N–H and O–H groups in total. The van der Waals surface area contributed by atoms with E-state index in [4.69, 9.17) is 0 Å². The van der Waals surface area contributed by atoms with Gasteiger partial charge in [-0.1, -0.05) is 6.92 Å². The van der Waals surface area contributed by atoms with Crippen LogP contribution < -0.4 is 0 Å². The van der Waals surface area contributed by atoms with E-state index in [1.165, 1.54) is 0 Å². The topological polar surface area (TPSA) is 3.24 Å². The highest BCUT2D eigenvalue weighted by Crippen LogP contribution is 2.12. The fourth-order valence-corrected chi connectivity index (χ4v) is 1.76. The summed E-state index contributed by atoms with van der Waals surface area (Å²) >= 11 is 0. The van der Waals surface area contributed by atoms with Crippen LogP contribution in [0.25, 0.3) is 0 Å². The molecule has 0 saturated carbocycles. The lowest BCUT2D eigenvalue weighted by Crippen LogP contribution is -2.43. The predicted molar refractivity (Wildman–Crippen MR) is 51.5 cm³/mol. The third kappa shape index (κ3) is 3.24. The van der Waals surface area contributed by atoms with Crippen LogP contribution in [0.15, 0.2) is 0 Å². The fourth-order valence-electron chi connectivity index (χ4n) is 1.76. The maximum Gasteiger partial charge on any atom is 0.00723 e. The van der Waals surface area contributed by atoms with Gasteiger partial charge in [0.05, 0.1) is 0 Å². The molecule has 0 rings (SSSR count). The molecule has 67 valence electrons. The monoisotopic (exact) mass is 156 g/mol. The van der Waals surface area contributed by atoms with Crippen LogP contribution in [-0.4, -0.2) is 23.0 Å². The first-order valence-corrected chi connectivity index (χ1v) is 4.57. The molecule has 0 aliphatic heterocycles. The SMILES string of the molecule is [CH2]CC(C)N(C(C)C)C(C)C. The molecule has 0 heterocycles. The zero-order chi connectivity index (χ0) is 9.02. The van der Waals surface area contributed by atoms with Gasteiger partial charge in [-0.25, -0.2) is 0 Å². The van der Waals surface area contributed by atoms with Crippen molar-refractivity contribution >= 4 is 0 Å². The van der Waals surface area contributed by atoms with Gasteiger partial charge in [-0.15, -0.1) is 0 Å². The van der Waals surface area contributed by atoms with Crippen LogP contribution in [0.4, 0.5) is 0 Å². The van der Waals surface area contributed by atoms with E-state index >= 15 is 0 Å². The smallest absolute Gasteiger partial charge is 0.00723 e. The van der Waals surface area contributed by atoms with Gasteiger partial charge in [0.1, 0.15) is 0 Å². The zero-order valence-corrected chi connectivity index (χ0v) is 8.59. The summed E-state index contributed by atoms with van der Waals surface area (Å²) in [7, 11) is 0. The highest BCUT2D eigenvalue weighted by Gasteiger charge is 2.17. The Labute approximate surface area is 71.8 Å². The Morgan fingerprint density at radius 2 is 1.36 bits per heavy atom. The number of nitrogens with zero attached hydrogens (tertiary/aromatic N) is 1. The first-order valence-electron chi connectivity index (χ1n) is 4.57. The second-order valence-electron chi connectivity index (χ2n) is 3.77. The predicted octanol–water partition coefficient (Wildman–Crippen LogP) is 2.72. The van der Waals surface area contributed by atoms with Gasteiger partial charge in [0.2, 0.25) is 0 Å². The van der Waals surface area contributed by atoms with Crippen LogP contribution in [0.5, 0.6) is 0 Å². The molecule has 0 aromatic heterocycles. The molecule has 0 aromatic rings. The summed E-state index contributed by atoms with van der Waals surface area (Å²) in [5.74, 6) is 0. The van der Waals surface area contributed by atoms with E-state index in [0.717, 1.165) is 6.42 Å². The van der Waals surface area contributed by atoms with Crippen LogP contribution in [0, 0.1) is 6.92 Å². The number of hydrogen-bond acceptors (Lipinski definition) is 1. The summed E-state index contributed by atoms with van der Waals surface area (Å²) in [6, 6.07) is 1.87. The maximum atomic E-state index is 3.93. The molecule has 1 radical (unpaired) electrons. The molecular weight excluding hydrogens is 134 g/mol.